The van der Waals surface area contributed by atoms with Gasteiger partial charge in [-0.3, -0.25) is 4.79 Å². The Morgan fingerprint density at radius 1 is 1.22 bits per heavy atom. The third-order valence-corrected chi connectivity index (χ3v) is 3.28. The van der Waals surface area contributed by atoms with E-state index in [1.165, 1.54) is 0 Å². The molecule has 1 N–H and O–H groups in total. The molecule has 2 unspecified atom stereocenters. The highest BCUT2D eigenvalue weighted by Crippen LogP contribution is 2.21. The number of ether oxygens (including phenoxy) is 2. The Bertz CT molecular complexity index is 513. The lowest BCUT2D eigenvalue weighted by atomic mass is 9.96. The van der Waals surface area contributed by atoms with E-state index >= 15 is 0 Å². The second kappa shape index (κ2) is 9.79. The molecule has 1 amide bonds. The van der Waals surface area contributed by atoms with Gasteiger partial charge in [0.25, 0.3) is 5.91 Å². The molecule has 0 bridgehead atoms. The van der Waals surface area contributed by atoms with Gasteiger partial charge in [0.05, 0.1) is 12.6 Å². The number of nitrogens with one attached hydrogen (secondary N) is 1. The van der Waals surface area contributed by atoms with Gasteiger partial charge in [0.1, 0.15) is 0 Å². The van der Waals surface area contributed by atoms with Crippen LogP contribution in [0.4, 0.5) is 0 Å². The average molecular weight is 319 g/mol. The molecule has 1 rings (SSSR count). The zero-order valence-electron chi connectivity index (χ0n) is 14.0. The van der Waals surface area contributed by atoms with Crippen molar-refractivity contribution in [1.29, 1.82) is 0 Å². The number of hydrogen-bond donors (Lipinski definition) is 1. The Balaban J connectivity index is 2.51. The Morgan fingerprint density at radius 3 is 2.43 bits per heavy atom. The Labute approximate surface area is 137 Å². The van der Waals surface area contributed by atoms with Crippen molar-refractivity contribution in [2.24, 2.45) is 5.92 Å². The van der Waals surface area contributed by atoms with Gasteiger partial charge in [0.2, 0.25) is 0 Å². The first-order valence-corrected chi connectivity index (χ1v) is 7.69. The van der Waals surface area contributed by atoms with Crippen LogP contribution in [-0.4, -0.2) is 31.2 Å². The Hall–Kier alpha value is -2.14. The molecule has 0 aromatic heterocycles. The summed E-state index contributed by atoms with van der Waals surface area (Å²) in [6.07, 6.45) is 0.819. The van der Waals surface area contributed by atoms with Crippen LogP contribution in [-0.2, 0) is 19.1 Å². The van der Waals surface area contributed by atoms with Crippen LogP contribution in [0.5, 0.6) is 0 Å². The maximum atomic E-state index is 12.0. The highest BCUT2D eigenvalue weighted by Gasteiger charge is 2.20. The van der Waals surface area contributed by atoms with Crippen LogP contribution < -0.4 is 5.32 Å². The molecule has 5 heteroatoms. The van der Waals surface area contributed by atoms with Crippen molar-refractivity contribution in [3.63, 3.8) is 0 Å². The van der Waals surface area contributed by atoms with E-state index in [1.54, 1.807) is 13.0 Å². The van der Waals surface area contributed by atoms with E-state index in [4.69, 9.17) is 9.47 Å². The fourth-order valence-electron chi connectivity index (χ4n) is 2.04. The molecule has 0 fully saturated rings. The molecule has 0 aliphatic rings. The second-order valence-electron chi connectivity index (χ2n) is 5.57. The molecule has 5 nitrogen and oxygen atoms in total. The van der Waals surface area contributed by atoms with E-state index in [0.717, 1.165) is 5.56 Å². The maximum absolute atomic E-state index is 12.0. The van der Waals surface area contributed by atoms with E-state index in [-0.39, 0.29) is 31.1 Å². The standard InChI is InChI=1S/C18H25NO4/c1-5-11-22-14(4)18(21)23-12-16(20)19-17(13(2)3)15-9-7-6-8-10-15/h5-10,13-14,17H,1,11-12H2,2-4H3,(H,19,20). The maximum Gasteiger partial charge on any atom is 0.335 e. The van der Waals surface area contributed by atoms with Gasteiger partial charge in [-0.1, -0.05) is 50.3 Å². The first kappa shape index (κ1) is 18.9. The van der Waals surface area contributed by atoms with E-state index < -0.39 is 12.1 Å². The highest BCUT2D eigenvalue weighted by atomic mass is 16.6. The number of rotatable bonds is 9. The number of esters is 1. The van der Waals surface area contributed by atoms with Crippen LogP contribution in [0.25, 0.3) is 0 Å². The fraction of sp³-hybridized carbons (Fsp3) is 0.444. The molecule has 0 aliphatic heterocycles. The van der Waals surface area contributed by atoms with Gasteiger partial charge in [0.15, 0.2) is 12.7 Å². The molecular weight excluding hydrogens is 294 g/mol. The van der Waals surface area contributed by atoms with Crippen molar-refractivity contribution in [3.05, 3.63) is 48.6 Å². The SMILES string of the molecule is C=CCOC(C)C(=O)OCC(=O)NC(c1ccccc1)C(C)C. The Morgan fingerprint density at radius 2 is 1.87 bits per heavy atom. The lowest BCUT2D eigenvalue weighted by Gasteiger charge is -2.23. The smallest absolute Gasteiger partial charge is 0.335 e. The summed E-state index contributed by atoms with van der Waals surface area (Å²) in [6, 6.07) is 9.57. The minimum Gasteiger partial charge on any atom is -0.454 e. The van der Waals surface area contributed by atoms with Crippen molar-refractivity contribution in [2.75, 3.05) is 13.2 Å². The van der Waals surface area contributed by atoms with Crippen LogP contribution in [0.15, 0.2) is 43.0 Å². The minimum atomic E-state index is -0.726. The second-order valence-corrected chi connectivity index (χ2v) is 5.57. The van der Waals surface area contributed by atoms with Crippen LogP contribution in [0.3, 0.4) is 0 Å². The molecular formula is C18H25NO4. The summed E-state index contributed by atoms with van der Waals surface area (Å²) < 4.78 is 10.1. The highest BCUT2D eigenvalue weighted by molar-refractivity contribution is 5.82. The van der Waals surface area contributed by atoms with Gasteiger partial charge in [-0.15, -0.1) is 6.58 Å². The lowest BCUT2D eigenvalue weighted by Crippen LogP contribution is -2.36. The van der Waals surface area contributed by atoms with Crippen molar-refractivity contribution in [1.82, 2.24) is 5.32 Å². The predicted molar refractivity (Wildman–Crippen MR) is 88.7 cm³/mol. The lowest BCUT2D eigenvalue weighted by molar-refractivity contribution is -0.158. The van der Waals surface area contributed by atoms with E-state index in [2.05, 4.69) is 11.9 Å². The molecule has 0 radical (unpaired) electrons. The molecule has 1 aromatic carbocycles. The Kier molecular flexibility index (Phi) is 8.05. The summed E-state index contributed by atoms with van der Waals surface area (Å²) >= 11 is 0. The largest absolute Gasteiger partial charge is 0.454 e. The summed E-state index contributed by atoms with van der Waals surface area (Å²) in [5.41, 5.74) is 1.02. The van der Waals surface area contributed by atoms with Gasteiger partial charge in [-0.2, -0.15) is 0 Å². The van der Waals surface area contributed by atoms with Gasteiger partial charge in [0, 0.05) is 0 Å². The molecule has 126 valence electrons. The van der Waals surface area contributed by atoms with Crippen molar-refractivity contribution < 1.29 is 19.1 Å². The number of carbonyl (C=O) groups is 2. The molecule has 0 saturated heterocycles. The first-order valence-electron chi connectivity index (χ1n) is 7.69. The molecule has 0 heterocycles. The van der Waals surface area contributed by atoms with Crippen LogP contribution in [0.1, 0.15) is 32.4 Å². The third-order valence-electron chi connectivity index (χ3n) is 3.28. The molecule has 0 saturated carbocycles. The monoisotopic (exact) mass is 319 g/mol. The van der Waals surface area contributed by atoms with E-state index in [0.29, 0.717) is 0 Å². The van der Waals surface area contributed by atoms with Crippen molar-refractivity contribution in [3.8, 4) is 0 Å². The molecule has 23 heavy (non-hydrogen) atoms. The summed E-state index contributed by atoms with van der Waals surface area (Å²) in [7, 11) is 0. The molecule has 1 aromatic rings. The van der Waals surface area contributed by atoms with Crippen LogP contribution in [0.2, 0.25) is 0 Å². The van der Waals surface area contributed by atoms with Crippen LogP contribution in [0, 0.1) is 5.92 Å². The van der Waals surface area contributed by atoms with Crippen molar-refractivity contribution in [2.45, 2.75) is 32.9 Å². The van der Waals surface area contributed by atoms with Gasteiger partial charge >= 0.3 is 5.97 Å². The fourth-order valence-corrected chi connectivity index (χ4v) is 2.04. The third kappa shape index (κ3) is 6.65. The van der Waals surface area contributed by atoms with Crippen molar-refractivity contribution >= 4 is 11.9 Å². The number of hydrogen-bond acceptors (Lipinski definition) is 4. The average Bonchev–Trinajstić information content (AvgIpc) is 2.55. The normalized spacial score (nSPS) is 13.2. The minimum absolute atomic E-state index is 0.128. The summed E-state index contributed by atoms with van der Waals surface area (Å²) in [5, 5.41) is 2.90. The summed E-state index contributed by atoms with van der Waals surface area (Å²) in [4.78, 5) is 23.7. The molecule has 0 spiro atoms. The van der Waals surface area contributed by atoms with Gasteiger partial charge < -0.3 is 14.8 Å². The first-order chi connectivity index (χ1) is 11.0. The number of amides is 1. The van der Waals surface area contributed by atoms with Gasteiger partial charge in [-0.25, -0.2) is 4.79 Å². The zero-order valence-corrected chi connectivity index (χ0v) is 14.0. The number of benzene rings is 1. The molecule has 2 atom stereocenters. The quantitative estimate of drug-likeness (QED) is 0.561. The number of carbonyl (C=O) groups excluding carboxylic acids is 2. The molecule has 0 aliphatic carbocycles. The summed E-state index contributed by atoms with van der Waals surface area (Å²) in [6.45, 7) is 9.06. The van der Waals surface area contributed by atoms with E-state index in [1.807, 2.05) is 44.2 Å². The summed E-state index contributed by atoms with van der Waals surface area (Å²) in [5.74, 6) is -0.688. The topological polar surface area (TPSA) is 64.6 Å². The van der Waals surface area contributed by atoms with E-state index in [9.17, 15) is 9.59 Å². The van der Waals surface area contributed by atoms with Gasteiger partial charge in [-0.05, 0) is 18.4 Å². The zero-order chi connectivity index (χ0) is 17.2. The predicted octanol–water partition coefficient (Wildman–Crippen LogP) is 2.63. The van der Waals surface area contributed by atoms with Crippen LogP contribution >= 0.6 is 0 Å².